The molecule has 0 N–H and O–H groups in total. The topological polar surface area (TPSA) is 0 Å². The summed E-state index contributed by atoms with van der Waals surface area (Å²) in [6, 6.07) is 13.0. The summed E-state index contributed by atoms with van der Waals surface area (Å²) < 4.78 is 1.34. The standard InChI is InChI=1S/C11H9IS/c1-13-11-7-9-5-3-2-4-8(9)6-10(11)12/h2-7H,1H3. The summed E-state index contributed by atoms with van der Waals surface area (Å²) in [5, 5.41) is 2.65. The summed E-state index contributed by atoms with van der Waals surface area (Å²) in [7, 11) is 0. The maximum absolute atomic E-state index is 2.39. The van der Waals surface area contributed by atoms with E-state index in [0.29, 0.717) is 0 Å². The molecule has 13 heavy (non-hydrogen) atoms. The van der Waals surface area contributed by atoms with Crippen molar-refractivity contribution in [2.75, 3.05) is 6.26 Å². The van der Waals surface area contributed by atoms with Crippen LogP contribution in [0.25, 0.3) is 10.8 Å². The first-order valence-electron chi connectivity index (χ1n) is 4.03. The van der Waals surface area contributed by atoms with E-state index in [0.717, 1.165) is 0 Å². The number of hydrogen-bond donors (Lipinski definition) is 0. The second-order valence-electron chi connectivity index (χ2n) is 2.83. The molecule has 0 fully saturated rings. The Morgan fingerprint density at radius 1 is 1.08 bits per heavy atom. The third-order valence-electron chi connectivity index (χ3n) is 2.02. The molecule has 2 rings (SSSR count). The molecule has 0 amide bonds. The summed E-state index contributed by atoms with van der Waals surface area (Å²) in [6.45, 7) is 0. The molecule has 0 aliphatic heterocycles. The average molecular weight is 300 g/mol. The van der Waals surface area contributed by atoms with Crippen LogP contribution in [0.4, 0.5) is 0 Å². The predicted octanol–water partition coefficient (Wildman–Crippen LogP) is 4.17. The molecule has 0 atom stereocenters. The fourth-order valence-corrected chi connectivity index (χ4v) is 3.00. The van der Waals surface area contributed by atoms with Gasteiger partial charge in [-0.15, -0.1) is 11.8 Å². The summed E-state index contributed by atoms with van der Waals surface area (Å²) in [5.41, 5.74) is 0. The van der Waals surface area contributed by atoms with Gasteiger partial charge in [-0.05, 0) is 51.8 Å². The van der Waals surface area contributed by atoms with Crippen LogP contribution < -0.4 is 0 Å². The van der Waals surface area contributed by atoms with Gasteiger partial charge in [0.1, 0.15) is 0 Å². The van der Waals surface area contributed by atoms with E-state index in [9.17, 15) is 0 Å². The number of fused-ring (bicyclic) bond motifs is 1. The third-order valence-corrected chi connectivity index (χ3v) is 4.06. The van der Waals surface area contributed by atoms with Crippen LogP contribution in [0.2, 0.25) is 0 Å². The molecule has 0 aliphatic rings. The normalized spacial score (nSPS) is 10.6. The highest BCUT2D eigenvalue weighted by molar-refractivity contribution is 14.1. The minimum Gasteiger partial charge on any atom is -0.128 e. The molecular formula is C11H9IS. The van der Waals surface area contributed by atoms with E-state index in [4.69, 9.17) is 0 Å². The molecule has 0 spiro atoms. The first kappa shape index (κ1) is 9.34. The largest absolute Gasteiger partial charge is 0.128 e. The predicted molar refractivity (Wildman–Crippen MR) is 68.4 cm³/mol. The number of thioether (sulfide) groups is 1. The number of benzene rings is 2. The maximum Gasteiger partial charge on any atom is 0.0272 e. The lowest BCUT2D eigenvalue weighted by atomic mass is 10.1. The van der Waals surface area contributed by atoms with Crippen molar-refractivity contribution in [2.45, 2.75) is 4.90 Å². The van der Waals surface area contributed by atoms with Crippen molar-refractivity contribution < 1.29 is 0 Å². The Morgan fingerprint density at radius 3 is 2.31 bits per heavy atom. The molecule has 0 saturated heterocycles. The van der Waals surface area contributed by atoms with Gasteiger partial charge in [-0.1, -0.05) is 24.3 Å². The van der Waals surface area contributed by atoms with E-state index < -0.39 is 0 Å². The monoisotopic (exact) mass is 300 g/mol. The molecule has 0 aromatic heterocycles. The molecule has 0 nitrogen and oxygen atoms in total. The van der Waals surface area contributed by atoms with Gasteiger partial charge in [0.2, 0.25) is 0 Å². The van der Waals surface area contributed by atoms with Crippen LogP contribution in [0.5, 0.6) is 0 Å². The van der Waals surface area contributed by atoms with E-state index in [2.05, 4.69) is 65.2 Å². The van der Waals surface area contributed by atoms with E-state index in [1.54, 1.807) is 11.8 Å². The fraction of sp³-hybridized carbons (Fsp3) is 0.0909. The first-order chi connectivity index (χ1) is 6.31. The van der Waals surface area contributed by atoms with Crippen LogP contribution >= 0.6 is 34.4 Å². The summed E-state index contributed by atoms with van der Waals surface area (Å²) in [6.07, 6.45) is 2.12. The lowest BCUT2D eigenvalue weighted by Gasteiger charge is -2.03. The fourth-order valence-electron chi connectivity index (χ4n) is 1.35. The number of halogens is 1. The van der Waals surface area contributed by atoms with Crippen molar-refractivity contribution in [1.29, 1.82) is 0 Å². The SMILES string of the molecule is CSc1cc2ccccc2cc1I. The minimum absolute atomic E-state index is 1.32. The van der Waals surface area contributed by atoms with Gasteiger partial charge in [-0.3, -0.25) is 0 Å². The minimum atomic E-state index is 1.32. The Labute approximate surface area is 95.9 Å². The highest BCUT2D eigenvalue weighted by Crippen LogP contribution is 2.27. The van der Waals surface area contributed by atoms with Crippen LogP contribution in [-0.4, -0.2) is 6.26 Å². The smallest absolute Gasteiger partial charge is 0.0272 e. The van der Waals surface area contributed by atoms with Crippen molar-refractivity contribution in [1.82, 2.24) is 0 Å². The van der Waals surface area contributed by atoms with Gasteiger partial charge >= 0.3 is 0 Å². The molecule has 2 aromatic carbocycles. The van der Waals surface area contributed by atoms with Gasteiger partial charge < -0.3 is 0 Å². The van der Waals surface area contributed by atoms with Gasteiger partial charge in [-0.2, -0.15) is 0 Å². The molecule has 0 radical (unpaired) electrons. The molecule has 2 heteroatoms. The van der Waals surface area contributed by atoms with Crippen molar-refractivity contribution >= 4 is 45.1 Å². The average Bonchev–Trinajstić information content (AvgIpc) is 2.17. The van der Waals surface area contributed by atoms with E-state index in [1.807, 2.05) is 0 Å². The summed E-state index contributed by atoms with van der Waals surface area (Å²) in [5.74, 6) is 0. The molecule has 0 aliphatic carbocycles. The Bertz CT molecular complexity index is 437. The molecule has 0 heterocycles. The van der Waals surface area contributed by atoms with Crippen molar-refractivity contribution in [3.05, 3.63) is 40.0 Å². The van der Waals surface area contributed by atoms with Gasteiger partial charge in [0.15, 0.2) is 0 Å². The zero-order valence-electron chi connectivity index (χ0n) is 7.25. The maximum atomic E-state index is 2.39. The van der Waals surface area contributed by atoms with Crippen LogP contribution in [0, 0.1) is 3.57 Å². The van der Waals surface area contributed by atoms with Gasteiger partial charge in [0.05, 0.1) is 0 Å². The second-order valence-corrected chi connectivity index (χ2v) is 4.84. The molecule has 0 bridgehead atoms. The van der Waals surface area contributed by atoms with Crippen LogP contribution in [0.3, 0.4) is 0 Å². The van der Waals surface area contributed by atoms with Gasteiger partial charge in [0.25, 0.3) is 0 Å². The van der Waals surface area contributed by atoms with E-state index in [-0.39, 0.29) is 0 Å². The Morgan fingerprint density at radius 2 is 1.69 bits per heavy atom. The quantitative estimate of drug-likeness (QED) is 0.563. The Balaban J connectivity index is 2.74. The zero-order chi connectivity index (χ0) is 9.26. The van der Waals surface area contributed by atoms with E-state index in [1.165, 1.54) is 19.2 Å². The highest BCUT2D eigenvalue weighted by atomic mass is 127. The molecular weight excluding hydrogens is 291 g/mol. The lowest BCUT2D eigenvalue weighted by Crippen LogP contribution is -1.79. The Kier molecular flexibility index (Phi) is 2.79. The van der Waals surface area contributed by atoms with Crippen molar-refractivity contribution in [2.24, 2.45) is 0 Å². The highest BCUT2D eigenvalue weighted by Gasteiger charge is 2.00. The van der Waals surface area contributed by atoms with Gasteiger partial charge in [-0.25, -0.2) is 0 Å². The molecule has 0 unspecified atom stereocenters. The van der Waals surface area contributed by atoms with Crippen molar-refractivity contribution in [3.63, 3.8) is 0 Å². The number of hydrogen-bond acceptors (Lipinski definition) is 1. The number of rotatable bonds is 1. The molecule has 2 aromatic rings. The summed E-state index contributed by atoms with van der Waals surface area (Å²) >= 11 is 4.19. The van der Waals surface area contributed by atoms with Crippen LogP contribution in [0.1, 0.15) is 0 Å². The molecule has 0 saturated carbocycles. The van der Waals surface area contributed by atoms with Crippen LogP contribution in [-0.2, 0) is 0 Å². The first-order valence-corrected chi connectivity index (χ1v) is 6.34. The molecule has 66 valence electrons. The Hall–Kier alpha value is -0.220. The van der Waals surface area contributed by atoms with Crippen molar-refractivity contribution in [3.8, 4) is 0 Å². The van der Waals surface area contributed by atoms with E-state index >= 15 is 0 Å². The van der Waals surface area contributed by atoms with Gasteiger partial charge in [0, 0.05) is 8.47 Å². The summed E-state index contributed by atoms with van der Waals surface area (Å²) in [4.78, 5) is 1.36. The zero-order valence-corrected chi connectivity index (χ0v) is 10.2. The van der Waals surface area contributed by atoms with Crippen LogP contribution in [0.15, 0.2) is 41.3 Å². The lowest BCUT2D eigenvalue weighted by molar-refractivity contribution is 1.45. The second kappa shape index (κ2) is 3.88. The third kappa shape index (κ3) is 1.83.